The Morgan fingerprint density at radius 1 is 1.10 bits per heavy atom. The second kappa shape index (κ2) is 8.00. The minimum absolute atomic E-state index is 0.107. The summed E-state index contributed by atoms with van der Waals surface area (Å²) in [5.41, 5.74) is -0.0300. The van der Waals surface area contributed by atoms with Gasteiger partial charge in [0, 0.05) is 11.6 Å². The van der Waals surface area contributed by atoms with Gasteiger partial charge in [0.25, 0.3) is 11.6 Å². The molecule has 1 heterocycles. The van der Waals surface area contributed by atoms with E-state index in [1.54, 1.807) is 69.3 Å². The summed E-state index contributed by atoms with van der Waals surface area (Å²) in [6.45, 7) is 5.40. The predicted molar refractivity (Wildman–Crippen MR) is 104 cm³/mol. The molecule has 1 amide bonds. The molecule has 8 nitrogen and oxygen atoms in total. The van der Waals surface area contributed by atoms with Gasteiger partial charge in [-0.15, -0.1) is 0 Å². The van der Waals surface area contributed by atoms with E-state index in [9.17, 15) is 19.7 Å². The molecule has 1 saturated heterocycles. The topological polar surface area (TPSA) is 111 Å². The van der Waals surface area contributed by atoms with E-state index in [0.717, 1.165) is 0 Å². The number of carbonyl (C=O) groups excluding carboxylic acids is 2. The van der Waals surface area contributed by atoms with Crippen LogP contribution in [0.5, 0.6) is 0 Å². The second-order valence-electron chi connectivity index (χ2n) is 7.77. The van der Waals surface area contributed by atoms with E-state index in [-0.39, 0.29) is 5.69 Å². The van der Waals surface area contributed by atoms with Crippen LogP contribution in [-0.4, -0.2) is 34.5 Å². The molecule has 0 aliphatic carbocycles. The van der Waals surface area contributed by atoms with Crippen LogP contribution in [0.2, 0.25) is 0 Å². The Kier molecular flexibility index (Phi) is 5.65. The van der Waals surface area contributed by atoms with Gasteiger partial charge in [-0.3, -0.25) is 14.9 Å². The van der Waals surface area contributed by atoms with Gasteiger partial charge in [0.15, 0.2) is 0 Å². The number of para-hydroxylation sites is 1. The third-order valence-corrected chi connectivity index (χ3v) is 4.26. The summed E-state index contributed by atoms with van der Waals surface area (Å²) in [5.74, 6) is -1.19. The van der Waals surface area contributed by atoms with Crippen molar-refractivity contribution < 1.29 is 24.0 Å². The van der Waals surface area contributed by atoms with Crippen molar-refractivity contribution in [3.05, 3.63) is 75.8 Å². The Morgan fingerprint density at radius 3 is 2.34 bits per heavy atom. The van der Waals surface area contributed by atoms with Crippen LogP contribution >= 0.6 is 0 Å². The van der Waals surface area contributed by atoms with Crippen LogP contribution in [0.25, 0.3) is 0 Å². The van der Waals surface area contributed by atoms with Crippen molar-refractivity contribution in [2.45, 2.75) is 44.6 Å². The van der Waals surface area contributed by atoms with Crippen molar-refractivity contribution in [3.8, 4) is 0 Å². The molecule has 1 unspecified atom stereocenters. The molecule has 1 fully saturated rings. The lowest BCUT2D eigenvalue weighted by molar-refractivity contribution is -0.385. The molecule has 2 aromatic carbocycles. The van der Waals surface area contributed by atoms with E-state index in [1.165, 1.54) is 6.07 Å². The molecule has 0 spiro atoms. The lowest BCUT2D eigenvalue weighted by Crippen LogP contribution is -2.49. The summed E-state index contributed by atoms with van der Waals surface area (Å²) in [7, 11) is 0. The minimum Gasteiger partial charge on any atom is -0.446 e. The van der Waals surface area contributed by atoms with Crippen molar-refractivity contribution in [3.63, 3.8) is 0 Å². The van der Waals surface area contributed by atoms with Crippen molar-refractivity contribution in [1.29, 1.82) is 0 Å². The molecule has 8 heteroatoms. The van der Waals surface area contributed by atoms with Gasteiger partial charge < -0.3 is 14.8 Å². The number of esters is 1. The lowest BCUT2D eigenvalue weighted by Gasteiger charge is -2.24. The molecule has 1 aliphatic heterocycles. The molecule has 1 N–H and O–H groups in total. The number of amides is 1. The Labute approximate surface area is 168 Å². The summed E-state index contributed by atoms with van der Waals surface area (Å²) in [6.07, 6.45) is -2.77. The highest BCUT2D eigenvalue weighted by molar-refractivity contribution is 5.92. The predicted octanol–water partition coefficient (Wildman–Crippen LogP) is 3.18. The Balaban J connectivity index is 1.84. The average molecular weight is 398 g/mol. The van der Waals surface area contributed by atoms with Crippen LogP contribution < -0.4 is 5.32 Å². The summed E-state index contributed by atoms with van der Waals surface area (Å²) in [6, 6.07) is 14.4. The van der Waals surface area contributed by atoms with E-state index >= 15 is 0 Å². The zero-order valence-corrected chi connectivity index (χ0v) is 16.3. The van der Waals surface area contributed by atoms with Crippen molar-refractivity contribution in [2.24, 2.45) is 0 Å². The number of carbonyl (C=O) groups is 2. The average Bonchev–Trinajstić information content (AvgIpc) is 3.45. The normalized spacial score (nSPS) is 19.1. The van der Waals surface area contributed by atoms with Crippen LogP contribution in [-0.2, 0) is 14.3 Å². The molecule has 0 bridgehead atoms. The number of benzene rings is 2. The molecular formula is C21H22N2O6. The fourth-order valence-electron chi connectivity index (χ4n) is 2.97. The zero-order chi connectivity index (χ0) is 21.2. The molecule has 0 radical (unpaired) electrons. The molecule has 3 rings (SSSR count). The second-order valence-corrected chi connectivity index (χ2v) is 7.77. The zero-order valence-electron chi connectivity index (χ0n) is 16.3. The van der Waals surface area contributed by atoms with Gasteiger partial charge in [-0.1, -0.05) is 30.3 Å². The number of nitrogens with zero attached hydrogens (tertiary/aromatic N) is 1. The summed E-state index contributed by atoms with van der Waals surface area (Å²) < 4.78 is 11.1. The Bertz CT molecular complexity index is 922. The summed E-state index contributed by atoms with van der Waals surface area (Å²) in [4.78, 5) is 36.1. The number of nitrogens with one attached hydrogen (secondary N) is 1. The third-order valence-electron chi connectivity index (χ3n) is 4.26. The van der Waals surface area contributed by atoms with E-state index in [0.29, 0.717) is 11.1 Å². The van der Waals surface area contributed by atoms with Crippen molar-refractivity contribution in [1.82, 2.24) is 5.32 Å². The first-order chi connectivity index (χ1) is 13.7. The first-order valence-corrected chi connectivity index (χ1v) is 9.14. The number of epoxide rings is 1. The van der Waals surface area contributed by atoms with Crippen molar-refractivity contribution >= 4 is 17.6 Å². The molecule has 0 aromatic heterocycles. The van der Waals surface area contributed by atoms with E-state index < -0.39 is 40.7 Å². The highest BCUT2D eigenvalue weighted by atomic mass is 16.6. The Hall–Kier alpha value is -3.26. The highest BCUT2D eigenvalue weighted by Crippen LogP contribution is 2.45. The smallest absolute Gasteiger partial charge is 0.339 e. The summed E-state index contributed by atoms with van der Waals surface area (Å²) >= 11 is 0. The van der Waals surface area contributed by atoms with Crippen LogP contribution in [0.15, 0.2) is 54.6 Å². The molecule has 152 valence electrons. The van der Waals surface area contributed by atoms with Gasteiger partial charge in [0.2, 0.25) is 6.10 Å². The van der Waals surface area contributed by atoms with E-state index in [4.69, 9.17) is 9.47 Å². The van der Waals surface area contributed by atoms with Crippen LogP contribution in [0.1, 0.15) is 42.8 Å². The minimum atomic E-state index is -1.24. The number of ether oxygens (including phenoxy) is 2. The van der Waals surface area contributed by atoms with Crippen LogP contribution in [0.3, 0.4) is 0 Å². The molecule has 2 aromatic rings. The quantitative estimate of drug-likeness (QED) is 0.346. The van der Waals surface area contributed by atoms with Gasteiger partial charge in [0.1, 0.15) is 12.2 Å². The standard InChI is InChI=1S/C21H22N2O6/c1-21(2,3)22-19(24)18(29-20(25)13-9-5-4-6-10-13)17-16(28-17)14-11-7-8-12-15(14)23(26)27/h4-12,16-18H,1-3H3,(H,22,24)/t16-,17+,18?/m1/s1. The summed E-state index contributed by atoms with van der Waals surface area (Å²) in [5, 5.41) is 14.1. The number of hydrogen-bond donors (Lipinski definition) is 1. The molecular weight excluding hydrogens is 376 g/mol. The number of hydrogen-bond acceptors (Lipinski definition) is 6. The molecule has 29 heavy (non-hydrogen) atoms. The molecule has 3 atom stereocenters. The monoisotopic (exact) mass is 398 g/mol. The first-order valence-electron chi connectivity index (χ1n) is 9.14. The SMILES string of the molecule is CC(C)(C)NC(=O)C(OC(=O)c1ccccc1)[C@H]1O[C@@H]1c1ccccc1[N+](=O)[O-]. The maximum atomic E-state index is 12.8. The van der Waals surface area contributed by atoms with Gasteiger partial charge in [-0.2, -0.15) is 0 Å². The maximum absolute atomic E-state index is 12.8. The number of nitro groups is 1. The Morgan fingerprint density at radius 2 is 1.72 bits per heavy atom. The van der Waals surface area contributed by atoms with Gasteiger partial charge >= 0.3 is 5.97 Å². The highest BCUT2D eigenvalue weighted by Gasteiger charge is 2.53. The van der Waals surface area contributed by atoms with Gasteiger partial charge in [0.05, 0.1) is 16.1 Å². The fourth-order valence-corrected chi connectivity index (χ4v) is 2.97. The van der Waals surface area contributed by atoms with E-state index in [2.05, 4.69) is 5.32 Å². The molecule has 0 saturated carbocycles. The van der Waals surface area contributed by atoms with Gasteiger partial charge in [-0.25, -0.2) is 4.79 Å². The largest absolute Gasteiger partial charge is 0.446 e. The number of rotatable bonds is 6. The third kappa shape index (κ3) is 4.97. The maximum Gasteiger partial charge on any atom is 0.339 e. The molecule has 1 aliphatic rings. The van der Waals surface area contributed by atoms with Crippen molar-refractivity contribution in [2.75, 3.05) is 0 Å². The number of nitro benzene ring substituents is 1. The lowest BCUT2D eigenvalue weighted by atomic mass is 10.0. The van der Waals surface area contributed by atoms with Crippen LogP contribution in [0, 0.1) is 10.1 Å². The van der Waals surface area contributed by atoms with Gasteiger partial charge in [-0.05, 0) is 39.0 Å². The fraction of sp³-hybridized carbons (Fsp3) is 0.333. The first kappa shape index (κ1) is 20.5. The van der Waals surface area contributed by atoms with Crippen LogP contribution in [0.4, 0.5) is 5.69 Å². The van der Waals surface area contributed by atoms with E-state index in [1.807, 2.05) is 0 Å².